The molecule has 11 heavy (non-hydrogen) atoms. The first-order valence-corrected chi connectivity index (χ1v) is 3.75. The highest BCUT2D eigenvalue weighted by Crippen LogP contribution is 2.22. The standard InChI is InChI=1S/C7H14N2O.ClH/c8-6-3-1-2-5(4-6)7(9)10;/h5-6H,1-4,8H2,(H2,9,10);1H. The highest BCUT2D eigenvalue weighted by Gasteiger charge is 2.22. The number of halogens is 1. The van der Waals surface area contributed by atoms with E-state index in [9.17, 15) is 4.79 Å². The molecule has 0 aromatic heterocycles. The fourth-order valence-electron chi connectivity index (χ4n) is 1.49. The normalized spacial score (nSPS) is 30.6. The molecule has 2 atom stereocenters. The summed E-state index contributed by atoms with van der Waals surface area (Å²) in [4.78, 5) is 10.7. The van der Waals surface area contributed by atoms with Gasteiger partial charge in [0.2, 0.25) is 5.91 Å². The molecule has 0 spiro atoms. The van der Waals surface area contributed by atoms with Crippen LogP contribution in [0, 0.1) is 5.92 Å². The maximum absolute atomic E-state index is 10.7. The lowest BCUT2D eigenvalue weighted by molar-refractivity contribution is -0.122. The van der Waals surface area contributed by atoms with Crippen LogP contribution in [0.5, 0.6) is 0 Å². The Bertz CT molecular complexity index is 140. The van der Waals surface area contributed by atoms with Crippen LogP contribution < -0.4 is 11.5 Å². The largest absolute Gasteiger partial charge is 0.369 e. The Kier molecular flexibility index (Phi) is 4.45. The van der Waals surface area contributed by atoms with Gasteiger partial charge in [0, 0.05) is 12.0 Å². The SMILES string of the molecule is Cl.NC(=O)C1CCCC(N)C1. The third-order valence-corrected chi connectivity index (χ3v) is 2.12. The van der Waals surface area contributed by atoms with E-state index >= 15 is 0 Å². The molecule has 66 valence electrons. The van der Waals surface area contributed by atoms with Gasteiger partial charge < -0.3 is 11.5 Å². The molecular weight excluding hydrogens is 164 g/mol. The van der Waals surface area contributed by atoms with Crippen LogP contribution >= 0.6 is 12.4 Å². The van der Waals surface area contributed by atoms with E-state index in [1.807, 2.05) is 0 Å². The topological polar surface area (TPSA) is 69.1 Å². The van der Waals surface area contributed by atoms with Gasteiger partial charge in [0.15, 0.2) is 0 Å². The van der Waals surface area contributed by atoms with Gasteiger partial charge in [-0.2, -0.15) is 0 Å². The maximum Gasteiger partial charge on any atom is 0.220 e. The van der Waals surface area contributed by atoms with Crippen LogP contribution in [0.25, 0.3) is 0 Å². The number of primary amides is 1. The van der Waals surface area contributed by atoms with E-state index in [1.54, 1.807) is 0 Å². The van der Waals surface area contributed by atoms with Crippen molar-refractivity contribution in [2.45, 2.75) is 31.7 Å². The first-order valence-electron chi connectivity index (χ1n) is 3.75. The highest BCUT2D eigenvalue weighted by molar-refractivity contribution is 5.85. The van der Waals surface area contributed by atoms with Gasteiger partial charge in [-0.1, -0.05) is 6.42 Å². The van der Waals surface area contributed by atoms with Crippen molar-refractivity contribution in [3.63, 3.8) is 0 Å². The second kappa shape index (κ2) is 4.57. The fraction of sp³-hybridized carbons (Fsp3) is 0.857. The number of hydrogen-bond acceptors (Lipinski definition) is 2. The van der Waals surface area contributed by atoms with Crippen LogP contribution in [0.2, 0.25) is 0 Å². The molecule has 1 aliphatic carbocycles. The molecular formula is C7H15ClN2O. The number of carbonyl (C=O) groups is 1. The lowest BCUT2D eigenvalue weighted by Crippen LogP contribution is -2.34. The van der Waals surface area contributed by atoms with Gasteiger partial charge in [-0.25, -0.2) is 0 Å². The Hall–Kier alpha value is -0.280. The van der Waals surface area contributed by atoms with Crippen molar-refractivity contribution in [1.82, 2.24) is 0 Å². The molecule has 0 saturated heterocycles. The van der Waals surface area contributed by atoms with Crippen molar-refractivity contribution in [1.29, 1.82) is 0 Å². The van der Waals surface area contributed by atoms with E-state index in [4.69, 9.17) is 11.5 Å². The Labute approximate surface area is 72.9 Å². The summed E-state index contributed by atoms with van der Waals surface area (Å²) in [5, 5.41) is 0. The molecule has 0 aromatic rings. The summed E-state index contributed by atoms with van der Waals surface area (Å²) in [5.41, 5.74) is 10.8. The van der Waals surface area contributed by atoms with E-state index in [2.05, 4.69) is 0 Å². The van der Waals surface area contributed by atoms with Crippen molar-refractivity contribution in [3.8, 4) is 0 Å². The lowest BCUT2D eigenvalue weighted by Gasteiger charge is -2.23. The molecule has 4 heteroatoms. The molecule has 0 aliphatic heterocycles. The first-order chi connectivity index (χ1) is 4.70. The maximum atomic E-state index is 10.7. The molecule has 0 aromatic carbocycles. The highest BCUT2D eigenvalue weighted by atomic mass is 35.5. The molecule has 0 radical (unpaired) electrons. The predicted molar refractivity (Wildman–Crippen MR) is 46.4 cm³/mol. The van der Waals surface area contributed by atoms with Crippen molar-refractivity contribution in [2.24, 2.45) is 17.4 Å². The van der Waals surface area contributed by atoms with E-state index in [-0.39, 0.29) is 30.3 Å². The van der Waals surface area contributed by atoms with E-state index in [0.29, 0.717) is 0 Å². The zero-order valence-electron chi connectivity index (χ0n) is 6.45. The quantitative estimate of drug-likeness (QED) is 0.611. The molecule has 3 nitrogen and oxygen atoms in total. The van der Waals surface area contributed by atoms with Crippen LogP contribution in [-0.4, -0.2) is 11.9 Å². The van der Waals surface area contributed by atoms with Crippen LogP contribution in [-0.2, 0) is 4.79 Å². The first kappa shape index (κ1) is 10.7. The van der Waals surface area contributed by atoms with Gasteiger partial charge in [-0.3, -0.25) is 4.79 Å². The molecule has 0 bridgehead atoms. The molecule has 1 aliphatic rings. The average Bonchev–Trinajstić information content (AvgIpc) is 1.88. The van der Waals surface area contributed by atoms with E-state index in [1.165, 1.54) is 0 Å². The minimum atomic E-state index is -0.185. The second-order valence-electron chi connectivity index (χ2n) is 3.03. The number of nitrogens with two attached hydrogens (primary N) is 2. The van der Waals surface area contributed by atoms with Gasteiger partial charge in [0.05, 0.1) is 0 Å². The predicted octanol–water partition coefficient (Wildman–Crippen LogP) is 0.411. The second-order valence-corrected chi connectivity index (χ2v) is 3.03. The Balaban J connectivity index is 0.000001000. The average molecular weight is 179 g/mol. The van der Waals surface area contributed by atoms with Gasteiger partial charge in [0.1, 0.15) is 0 Å². The van der Waals surface area contributed by atoms with Crippen LogP contribution in [0.4, 0.5) is 0 Å². The summed E-state index contributed by atoms with van der Waals surface area (Å²) >= 11 is 0. The zero-order valence-corrected chi connectivity index (χ0v) is 7.27. The van der Waals surface area contributed by atoms with Gasteiger partial charge >= 0.3 is 0 Å². The van der Waals surface area contributed by atoms with Crippen molar-refractivity contribution < 1.29 is 4.79 Å². The molecule has 0 heterocycles. The van der Waals surface area contributed by atoms with Crippen molar-refractivity contribution >= 4 is 18.3 Å². The van der Waals surface area contributed by atoms with Crippen molar-refractivity contribution in [3.05, 3.63) is 0 Å². The summed E-state index contributed by atoms with van der Waals surface area (Å²) in [5.74, 6) is -0.140. The van der Waals surface area contributed by atoms with Crippen LogP contribution in [0.15, 0.2) is 0 Å². The lowest BCUT2D eigenvalue weighted by atomic mass is 9.86. The van der Waals surface area contributed by atoms with Gasteiger partial charge in [-0.15, -0.1) is 12.4 Å². The molecule has 1 saturated carbocycles. The third-order valence-electron chi connectivity index (χ3n) is 2.12. The summed E-state index contributed by atoms with van der Waals surface area (Å²) in [6, 6.07) is 0.200. The Morgan fingerprint density at radius 3 is 2.36 bits per heavy atom. The smallest absolute Gasteiger partial charge is 0.220 e. The van der Waals surface area contributed by atoms with E-state index in [0.717, 1.165) is 25.7 Å². The summed E-state index contributed by atoms with van der Waals surface area (Å²) in [6.07, 6.45) is 3.82. The zero-order chi connectivity index (χ0) is 7.56. The summed E-state index contributed by atoms with van der Waals surface area (Å²) in [6.45, 7) is 0. The number of rotatable bonds is 1. The Morgan fingerprint density at radius 1 is 1.36 bits per heavy atom. The molecule has 4 N–H and O–H groups in total. The number of carbonyl (C=O) groups excluding carboxylic acids is 1. The van der Waals surface area contributed by atoms with Gasteiger partial charge in [0.25, 0.3) is 0 Å². The third kappa shape index (κ3) is 3.08. The van der Waals surface area contributed by atoms with Crippen molar-refractivity contribution in [2.75, 3.05) is 0 Å². The minimum absolute atomic E-state index is 0. The summed E-state index contributed by atoms with van der Waals surface area (Å²) < 4.78 is 0. The molecule has 1 fully saturated rings. The molecule has 2 unspecified atom stereocenters. The van der Waals surface area contributed by atoms with E-state index < -0.39 is 0 Å². The van der Waals surface area contributed by atoms with Crippen LogP contribution in [0.3, 0.4) is 0 Å². The summed E-state index contributed by atoms with van der Waals surface area (Å²) in [7, 11) is 0. The minimum Gasteiger partial charge on any atom is -0.369 e. The molecule has 1 rings (SSSR count). The molecule has 1 amide bonds. The number of amides is 1. The van der Waals surface area contributed by atoms with Gasteiger partial charge in [-0.05, 0) is 19.3 Å². The fourth-order valence-corrected chi connectivity index (χ4v) is 1.49. The van der Waals surface area contributed by atoms with Crippen LogP contribution in [0.1, 0.15) is 25.7 Å². The monoisotopic (exact) mass is 178 g/mol. The number of hydrogen-bond donors (Lipinski definition) is 2. The Morgan fingerprint density at radius 2 is 2.00 bits per heavy atom.